The van der Waals surface area contributed by atoms with Crippen LogP contribution in [0.1, 0.15) is 35.7 Å². The summed E-state index contributed by atoms with van der Waals surface area (Å²) < 4.78 is 36.7. The Morgan fingerprint density at radius 3 is 2.61 bits per heavy atom. The van der Waals surface area contributed by atoms with E-state index < -0.39 is 28.2 Å². The summed E-state index contributed by atoms with van der Waals surface area (Å²) in [6.07, 6.45) is 0.447. The molecule has 12 nitrogen and oxygen atoms in total. The van der Waals surface area contributed by atoms with E-state index in [-0.39, 0.29) is 48.5 Å². The van der Waals surface area contributed by atoms with Gasteiger partial charge in [-0.05, 0) is 32.9 Å². The van der Waals surface area contributed by atoms with Gasteiger partial charge in [0.15, 0.2) is 11.5 Å². The van der Waals surface area contributed by atoms with Gasteiger partial charge in [0.2, 0.25) is 10.0 Å². The third-order valence-electron chi connectivity index (χ3n) is 6.21. The fourth-order valence-electron chi connectivity index (χ4n) is 3.88. The Hall–Kier alpha value is -3.16. The zero-order chi connectivity index (χ0) is 26.8. The molecule has 198 valence electrons. The first-order valence-electron chi connectivity index (χ1n) is 11.5. The smallest absolute Gasteiger partial charge is 0.323 e. The number of rotatable bonds is 7. The number of hydrogen-bond acceptors (Lipinski definition) is 8. The second-order valence-electron chi connectivity index (χ2n) is 9.13. The van der Waals surface area contributed by atoms with Crippen molar-refractivity contribution in [3.8, 4) is 5.75 Å². The molecule has 0 aliphatic carbocycles. The van der Waals surface area contributed by atoms with E-state index in [0.717, 1.165) is 6.26 Å². The van der Waals surface area contributed by atoms with Crippen LogP contribution in [0.3, 0.4) is 0 Å². The summed E-state index contributed by atoms with van der Waals surface area (Å²) in [5.41, 5.74) is 1.34. The number of anilines is 2. The fourth-order valence-corrected chi connectivity index (χ4v) is 4.29. The molecule has 0 saturated carbocycles. The van der Waals surface area contributed by atoms with E-state index in [4.69, 9.17) is 9.26 Å². The highest BCUT2D eigenvalue weighted by molar-refractivity contribution is 7.88. The van der Waals surface area contributed by atoms with E-state index in [1.54, 1.807) is 39.0 Å². The number of hydrogen-bond donors (Lipinski definition) is 3. The van der Waals surface area contributed by atoms with Crippen LogP contribution < -0.4 is 15.4 Å². The third-order valence-corrected chi connectivity index (χ3v) is 7.50. The third kappa shape index (κ3) is 5.97. The first kappa shape index (κ1) is 27.4. The van der Waals surface area contributed by atoms with Gasteiger partial charge in [0.05, 0.1) is 36.7 Å². The fraction of sp³-hybridized carbons (Fsp3) is 0.522. The normalized spacial score (nSPS) is 19.2. The van der Waals surface area contributed by atoms with Gasteiger partial charge in [0.25, 0.3) is 5.91 Å². The van der Waals surface area contributed by atoms with Crippen molar-refractivity contribution in [3.63, 3.8) is 0 Å². The molecular formula is C23H33N5O7S. The van der Waals surface area contributed by atoms with E-state index in [1.807, 2.05) is 6.92 Å². The van der Waals surface area contributed by atoms with Crippen LogP contribution in [0.5, 0.6) is 5.75 Å². The molecule has 1 aromatic heterocycles. The molecule has 0 spiro atoms. The molecule has 0 unspecified atom stereocenters. The van der Waals surface area contributed by atoms with E-state index in [2.05, 4.69) is 15.8 Å². The first-order chi connectivity index (χ1) is 16.8. The molecule has 2 heterocycles. The van der Waals surface area contributed by atoms with Gasteiger partial charge in [-0.15, -0.1) is 0 Å². The molecule has 0 saturated heterocycles. The second-order valence-corrected chi connectivity index (χ2v) is 11.2. The number of benzene rings is 1. The Labute approximate surface area is 210 Å². The number of carbonyl (C=O) groups is 2. The van der Waals surface area contributed by atoms with E-state index in [1.165, 1.54) is 16.3 Å². The molecule has 1 aliphatic rings. The average Bonchev–Trinajstić information content (AvgIpc) is 3.12. The lowest BCUT2D eigenvalue weighted by Crippen LogP contribution is -2.50. The van der Waals surface area contributed by atoms with E-state index >= 15 is 0 Å². The lowest BCUT2D eigenvalue weighted by Gasteiger charge is -2.38. The van der Waals surface area contributed by atoms with Crippen LogP contribution in [0.4, 0.5) is 16.2 Å². The Bertz CT molecular complexity index is 1210. The monoisotopic (exact) mass is 523 g/mol. The van der Waals surface area contributed by atoms with Crippen LogP contribution in [0.25, 0.3) is 0 Å². The number of amides is 3. The number of fused-ring (bicyclic) bond motifs is 1. The van der Waals surface area contributed by atoms with Gasteiger partial charge in [-0.2, -0.15) is 0 Å². The Balaban J connectivity index is 2.01. The highest BCUT2D eigenvalue weighted by Gasteiger charge is 2.35. The summed E-state index contributed by atoms with van der Waals surface area (Å²) in [6, 6.07) is 3.67. The predicted octanol–water partition coefficient (Wildman–Crippen LogP) is 2.05. The number of sulfonamides is 1. The van der Waals surface area contributed by atoms with Crippen molar-refractivity contribution in [1.82, 2.24) is 14.4 Å². The van der Waals surface area contributed by atoms with Crippen LogP contribution >= 0.6 is 0 Å². The van der Waals surface area contributed by atoms with Crippen molar-refractivity contribution in [2.45, 2.75) is 39.8 Å². The Morgan fingerprint density at radius 1 is 1.33 bits per heavy atom. The van der Waals surface area contributed by atoms with Gasteiger partial charge < -0.3 is 29.9 Å². The number of urea groups is 1. The maximum absolute atomic E-state index is 13.5. The Morgan fingerprint density at radius 2 is 2.03 bits per heavy atom. The first-order valence-corrected chi connectivity index (χ1v) is 13.3. The largest absolute Gasteiger partial charge is 0.486 e. The van der Waals surface area contributed by atoms with Crippen molar-refractivity contribution in [1.29, 1.82) is 0 Å². The number of aliphatic hydroxyl groups is 1. The lowest BCUT2D eigenvalue weighted by molar-refractivity contribution is 0.0389. The number of carbonyl (C=O) groups excluding carboxylic acids is 2. The zero-order valence-corrected chi connectivity index (χ0v) is 22.0. The number of nitrogens with zero attached hydrogens (tertiary/aromatic N) is 3. The van der Waals surface area contributed by atoms with Crippen molar-refractivity contribution in [3.05, 3.63) is 35.2 Å². The van der Waals surface area contributed by atoms with Gasteiger partial charge in [-0.1, -0.05) is 18.1 Å². The summed E-state index contributed by atoms with van der Waals surface area (Å²) in [6.45, 7) is 6.94. The van der Waals surface area contributed by atoms with Crippen molar-refractivity contribution < 1.29 is 32.4 Å². The summed E-state index contributed by atoms with van der Waals surface area (Å²) in [5.74, 6) is -0.124. The molecule has 0 fully saturated rings. The predicted molar refractivity (Wildman–Crippen MR) is 134 cm³/mol. The van der Waals surface area contributed by atoms with Gasteiger partial charge in [0.1, 0.15) is 17.5 Å². The van der Waals surface area contributed by atoms with Crippen LogP contribution in [0, 0.1) is 19.8 Å². The van der Waals surface area contributed by atoms with Crippen LogP contribution in [0.15, 0.2) is 22.7 Å². The van der Waals surface area contributed by atoms with Gasteiger partial charge in [0, 0.05) is 19.5 Å². The lowest BCUT2D eigenvalue weighted by atomic mass is 9.99. The molecule has 36 heavy (non-hydrogen) atoms. The van der Waals surface area contributed by atoms with Gasteiger partial charge in [-0.25, -0.2) is 17.5 Å². The van der Waals surface area contributed by atoms with Crippen LogP contribution in [-0.2, 0) is 10.0 Å². The summed E-state index contributed by atoms with van der Waals surface area (Å²) >= 11 is 0. The summed E-state index contributed by atoms with van der Waals surface area (Å²) in [5, 5.41) is 19.0. The van der Waals surface area contributed by atoms with Crippen molar-refractivity contribution in [2.75, 3.05) is 43.6 Å². The quantitative estimate of drug-likeness (QED) is 0.498. The molecular weight excluding hydrogens is 490 g/mol. The minimum atomic E-state index is -3.50. The SMILES string of the molecule is Cc1noc(C)c1NC(=O)Nc1cccc2c1O[C@@H](CN(C)S(C)(=O)=O)[C@H](C)CN([C@@H](C)CO)C2=O. The average molecular weight is 524 g/mol. The number of aryl methyl sites for hydroxylation is 2. The summed E-state index contributed by atoms with van der Waals surface area (Å²) in [4.78, 5) is 27.8. The molecule has 3 atom stereocenters. The molecule has 3 N–H and O–H groups in total. The number of likely N-dealkylation sites (N-methyl/N-ethyl adjacent to an activating group) is 1. The van der Waals surface area contributed by atoms with Crippen LogP contribution in [0.2, 0.25) is 0 Å². The molecule has 2 aromatic rings. The number of ether oxygens (including phenoxy) is 1. The number of aromatic nitrogens is 1. The Kier molecular flexibility index (Phi) is 8.26. The topological polar surface area (TPSA) is 154 Å². The van der Waals surface area contributed by atoms with Crippen molar-refractivity contribution in [2.24, 2.45) is 5.92 Å². The molecule has 3 amide bonds. The number of para-hydroxylation sites is 1. The van der Waals surface area contributed by atoms with Gasteiger partial charge in [-0.3, -0.25) is 4.79 Å². The minimum Gasteiger partial charge on any atom is -0.486 e. The number of aliphatic hydroxyl groups excluding tert-OH is 1. The highest BCUT2D eigenvalue weighted by atomic mass is 32.2. The number of nitrogens with one attached hydrogen (secondary N) is 2. The maximum Gasteiger partial charge on any atom is 0.323 e. The van der Waals surface area contributed by atoms with Crippen LogP contribution in [-0.4, -0.2) is 85.0 Å². The summed E-state index contributed by atoms with van der Waals surface area (Å²) in [7, 11) is -2.05. The second kappa shape index (κ2) is 10.8. The van der Waals surface area contributed by atoms with Gasteiger partial charge >= 0.3 is 6.03 Å². The molecule has 1 aliphatic heterocycles. The molecule has 1 aromatic carbocycles. The molecule has 0 bridgehead atoms. The standard InChI is InChI=1S/C23H33N5O7S/c1-13-10-28(14(2)12-29)22(30)17-8-7-9-18(21(17)34-19(13)11-27(5)36(6,32)33)24-23(31)25-20-15(3)26-35-16(20)4/h7-9,13-14,19,29H,10-12H2,1-6H3,(H2,24,25,31)/t13-,14+,19+/m1/s1. The van der Waals surface area contributed by atoms with E-state index in [0.29, 0.717) is 17.1 Å². The van der Waals surface area contributed by atoms with E-state index in [9.17, 15) is 23.1 Å². The molecule has 0 radical (unpaired) electrons. The minimum absolute atomic E-state index is 0.0224. The maximum atomic E-state index is 13.5. The highest BCUT2D eigenvalue weighted by Crippen LogP contribution is 2.35. The molecule has 13 heteroatoms. The molecule has 3 rings (SSSR count). The van der Waals surface area contributed by atoms with Crippen molar-refractivity contribution >= 4 is 33.3 Å². The zero-order valence-electron chi connectivity index (χ0n) is 21.2.